The van der Waals surface area contributed by atoms with Crippen molar-refractivity contribution in [2.24, 2.45) is 0 Å². The van der Waals surface area contributed by atoms with Gasteiger partial charge in [-0.1, -0.05) is 23.8 Å². The summed E-state index contributed by atoms with van der Waals surface area (Å²) >= 11 is 0. The van der Waals surface area contributed by atoms with E-state index in [4.69, 9.17) is 9.47 Å². The lowest BCUT2D eigenvalue weighted by atomic mass is 10.0. The van der Waals surface area contributed by atoms with E-state index in [1.165, 1.54) is 0 Å². The molecule has 0 aliphatic heterocycles. The fourth-order valence-corrected chi connectivity index (χ4v) is 1.75. The van der Waals surface area contributed by atoms with E-state index < -0.39 is 6.10 Å². The van der Waals surface area contributed by atoms with Gasteiger partial charge in [0.1, 0.15) is 6.10 Å². The summed E-state index contributed by atoms with van der Waals surface area (Å²) in [5.41, 5.74) is 3.19. The number of aliphatic hydroxyl groups excluding tert-OH is 1. The Morgan fingerprint density at radius 3 is 2.56 bits per heavy atom. The number of hydrogen-bond donors (Lipinski definition) is 1. The topological polar surface area (TPSA) is 38.7 Å². The van der Waals surface area contributed by atoms with Gasteiger partial charge in [-0.3, -0.25) is 0 Å². The van der Waals surface area contributed by atoms with Crippen LogP contribution in [0, 0.1) is 13.8 Å². The molecule has 0 heterocycles. The summed E-state index contributed by atoms with van der Waals surface area (Å²) in [6.07, 6.45) is -0.346. The van der Waals surface area contributed by atoms with Gasteiger partial charge in [-0.05, 0) is 38.8 Å². The molecule has 1 rings (SSSR count). The van der Waals surface area contributed by atoms with E-state index in [1.807, 2.05) is 45.9 Å². The van der Waals surface area contributed by atoms with Gasteiger partial charge in [-0.15, -0.1) is 0 Å². The van der Waals surface area contributed by atoms with Gasteiger partial charge < -0.3 is 14.6 Å². The molecule has 1 aromatic carbocycles. The minimum Gasteiger partial charge on any atom is -0.386 e. The van der Waals surface area contributed by atoms with Gasteiger partial charge in [0.05, 0.1) is 25.9 Å². The molecule has 0 aliphatic rings. The maximum Gasteiger partial charge on any atom is 0.103 e. The average Bonchev–Trinajstić information content (AvgIpc) is 2.31. The molecule has 0 amide bonds. The van der Waals surface area contributed by atoms with Crippen LogP contribution in [0.25, 0.3) is 0 Å². The molecule has 0 spiro atoms. The van der Waals surface area contributed by atoms with Crippen molar-refractivity contribution >= 4 is 0 Å². The lowest BCUT2D eigenvalue weighted by molar-refractivity contribution is -0.0112. The van der Waals surface area contributed by atoms with Gasteiger partial charge in [-0.25, -0.2) is 0 Å². The monoisotopic (exact) mass is 252 g/mol. The summed E-state index contributed by atoms with van der Waals surface area (Å²) in [5.74, 6) is 0. The molecule has 0 bridgehead atoms. The minimum atomic E-state index is -0.566. The molecule has 1 aromatic rings. The third-order valence-electron chi connectivity index (χ3n) is 2.75. The van der Waals surface area contributed by atoms with Crippen molar-refractivity contribution in [3.05, 3.63) is 34.9 Å². The number of aliphatic hydroxyl groups is 1. The first kappa shape index (κ1) is 15.2. The molecule has 0 saturated heterocycles. The fraction of sp³-hybridized carbons (Fsp3) is 0.600. The Hall–Kier alpha value is -0.900. The Labute approximate surface area is 110 Å². The highest BCUT2D eigenvalue weighted by Gasteiger charge is 2.10. The molecule has 102 valence electrons. The zero-order valence-electron chi connectivity index (χ0n) is 11.8. The van der Waals surface area contributed by atoms with Crippen LogP contribution in [0.4, 0.5) is 0 Å². The average molecular weight is 252 g/mol. The van der Waals surface area contributed by atoms with Crippen molar-refractivity contribution < 1.29 is 14.6 Å². The van der Waals surface area contributed by atoms with Crippen LogP contribution in [0.5, 0.6) is 0 Å². The van der Waals surface area contributed by atoms with Crippen LogP contribution in [-0.4, -0.2) is 31.0 Å². The number of rotatable bonds is 7. The molecule has 1 unspecified atom stereocenters. The van der Waals surface area contributed by atoms with Gasteiger partial charge in [-0.2, -0.15) is 0 Å². The van der Waals surface area contributed by atoms with Crippen molar-refractivity contribution in [3.8, 4) is 0 Å². The van der Waals surface area contributed by atoms with E-state index in [1.54, 1.807) is 0 Å². The Kier molecular flexibility index (Phi) is 6.33. The molecule has 1 N–H and O–H groups in total. The van der Waals surface area contributed by atoms with Gasteiger partial charge >= 0.3 is 0 Å². The number of ether oxygens (including phenoxy) is 2. The van der Waals surface area contributed by atoms with E-state index in [2.05, 4.69) is 0 Å². The summed E-state index contributed by atoms with van der Waals surface area (Å²) in [6, 6.07) is 6.08. The predicted octanol–water partition coefficient (Wildman–Crippen LogP) is 2.78. The van der Waals surface area contributed by atoms with E-state index in [9.17, 15) is 5.11 Å². The predicted molar refractivity (Wildman–Crippen MR) is 72.8 cm³/mol. The maximum atomic E-state index is 10.1. The summed E-state index contributed by atoms with van der Waals surface area (Å²) in [6.45, 7) is 9.39. The van der Waals surface area contributed by atoms with Crippen LogP contribution < -0.4 is 0 Å². The normalized spacial score (nSPS) is 13.0. The number of aryl methyl sites for hydroxylation is 2. The highest BCUT2D eigenvalue weighted by molar-refractivity contribution is 5.32. The molecule has 18 heavy (non-hydrogen) atoms. The highest BCUT2D eigenvalue weighted by atomic mass is 16.5. The van der Waals surface area contributed by atoms with Gasteiger partial charge in [0.15, 0.2) is 0 Å². The first-order valence-corrected chi connectivity index (χ1v) is 6.45. The van der Waals surface area contributed by atoms with Crippen LogP contribution in [0.1, 0.15) is 36.6 Å². The highest BCUT2D eigenvalue weighted by Crippen LogP contribution is 2.19. The van der Waals surface area contributed by atoms with Gasteiger partial charge in [0.2, 0.25) is 0 Å². The number of benzene rings is 1. The Bertz CT molecular complexity index is 361. The third-order valence-corrected chi connectivity index (χ3v) is 2.75. The Balaban J connectivity index is 2.36. The molecule has 0 aromatic heterocycles. The molecule has 0 saturated carbocycles. The van der Waals surface area contributed by atoms with Crippen molar-refractivity contribution in [1.29, 1.82) is 0 Å². The second-order valence-corrected chi connectivity index (χ2v) is 4.87. The zero-order valence-corrected chi connectivity index (χ0v) is 11.8. The quantitative estimate of drug-likeness (QED) is 0.758. The van der Waals surface area contributed by atoms with Crippen LogP contribution in [0.2, 0.25) is 0 Å². The molecular formula is C15H24O3. The van der Waals surface area contributed by atoms with Gasteiger partial charge in [0.25, 0.3) is 0 Å². The lowest BCUT2D eigenvalue weighted by Crippen LogP contribution is -2.14. The van der Waals surface area contributed by atoms with Crippen LogP contribution in [-0.2, 0) is 9.47 Å². The maximum absolute atomic E-state index is 10.1. The van der Waals surface area contributed by atoms with E-state index >= 15 is 0 Å². The van der Waals surface area contributed by atoms with Crippen LogP contribution in [0.3, 0.4) is 0 Å². The molecular weight excluding hydrogens is 228 g/mol. The van der Waals surface area contributed by atoms with Crippen molar-refractivity contribution in [3.63, 3.8) is 0 Å². The fourth-order valence-electron chi connectivity index (χ4n) is 1.75. The van der Waals surface area contributed by atoms with Crippen molar-refractivity contribution in [2.75, 3.05) is 19.8 Å². The zero-order chi connectivity index (χ0) is 13.5. The molecule has 0 fully saturated rings. The molecule has 0 aliphatic carbocycles. The second kappa shape index (κ2) is 7.52. The second-order valence-electron chi connectivity index (χ2n) is 4.87. The standard InChI is InChI=1S/C15H24O3/c1-11(2)18-8-7-17-10-15(16)14-9-12(3)5-6-13(14)4/h5-6,9,11,15-16H,7-8,10H2,1-4H3. The summed E-state index contributed by atoms with van der Waals surface area (Å²) in [4.78, 5) is 0. The summed E-state index contributed by atoms with van der Waals surface area (Å²) in [7, 11) is 0. The van der Waals surface area contributed by atoms with Crippen LogP contribution >= 0.6 is 0 Å². The smallest absolute Gasteiger partial charge is 0.103 e. The van der Waals surface area contributed by atoms with Gasteiger partial charge in [0, 0.05) is 0 Å². The first-order chi connectivity index (χ1) is 8.50. The molecule has 3 heteroatoms. The largest absolute Gasteiger partial charge is 0.386 e. The number of hydrogen-bond acceptors (Lipinski definition) is 3. The molecule has 1 atom stereocenters. The van der Waals surface area contributed by atoms with E-state index in [0.29, 0.717) is 19.8 Å². The summed E-state index contributed by atoms with van der Waals surface area (Å²) in [5, 5.41) is 10.1. The van der Waals surface area contributed by atoms with E-state index in [-0.39, 0.29) is 6.10 Å². The Morgan fingerprint density at radius 2 is 1.89 bits per heavy atom. The van der Waals surface area contributed by atoms with E-state index in [0.717, 1.165) is 16.7 Å². The molecule has 3 nitrogen and oxygen atoms in total. The summed E-state index contributed by atoms with van der Waals surface area (Å²) < 4.78 is 10.8. The SMILES string of the molecule is Cc1ccc(C)c(C(O)COCCOC(C)C)c1. The minimum absolute atomic E-state index is 0.220. The molecule has 0 radical (unpaired) electrons. The Morgan fingerprint density at radius 1 is 1.17 bits per heavy atom. The van der Waals surface area contributed by atoms with Crippen molar-refractivity contribution in [2.45, 2.75) is 39.9 Å². The third kappa shape index (κ3) is 5.17. The lowest BCUT2D eigenvalue weighted by Gasteiger charge is -2.15. The first-order valence-electron chi connectivity index (χ1n) is 6.45. The van der Waals surface area contributed by atoms with Crippen molar-refractivity contribution in [1.82, 2.24) is 0 Å². The van der Waals surface area contributed by atoms with Crippen LogP contribution in [0.15, 0.2) is 18.2 Å².